The zero-order valence-electron chi connectivity index (χ0n) is 12.9. The van der Waals surface area contributed by atoms with Crippen molar-refractivity contribution in [1.82, 2.24) is 15.1 Å². The molecule has 0 bridgehead atoms. The van der Waals surface area contributed by atoms with Crippen LogP contribution in [-0.2, 0) is 12.8 Å². The highest BCUT2D eigenvalue weighted by Gasteiger charge is 2.25. The van der Waals surface area contributed by atoms with E-state index in [1.54, 1.807) is 16.0 Å². The number of carbonyl (C=O) groups is 1. The predicted octanol–water partition coefficient (Wildman–Crippen LogP) is 3.82. The van der Waals surface area contributed by atoms with Gasteiger partial charge in [0.25, 0.3) is 5.91 Å². The maximum Gasteiger partial charge on any atom is 0.279 e. The summed E-state index contributed by atoms with van der Waals surface area (Å²) in [5.41, 5.74) is 2.68. The molecule has 3 aromatic rings. The summed E-state index contributed by atoms with van der Waals surface area (Å²) in [4.78, 5) is 14.0. The smallest absolute Gasteiger partial charge is 0.279 e. The lowest BCUT2D eigenvalue weighted by Crippen LogP contribution is -2.40. The number of hydrogen-bond donors (Lipinski definition) is 1. The van der Waals surface area contributed by atoms with Crippen molar-refractivity contribution >= 4 is 40.2 Å². The van der Waals surface area contributed by atoms with E-state index in [0.29, 0.717) is 11.5 Å². The Morgan fingerprint density at radius 2 is 2.21 bits per heavy atom. The van der Waals surface area contributed by atoms with Crippen LogP contribution in [0.5, 0.6) is 0 Å². The molecule has 124 valence electrons. The number of nitrogens with one attached hydrogen (secondary N) is 1. The Morgan fingerprint density at radius 3 is 2.83 bits per heavy atom. The molecular formula is C17H16ClN3OS2. The van der Waals surface area contributed by atoms with Crippen molar-refractivity contribution in [3.8, 4) is 0 Å². The van der Waals surface area contributed by atoms with Gasteiger partial charge in [0, 0.05) is 35.0 Å². The highest BCUT2D eigenvalue weighted by Crippen LogP contribution is 2.25. The van der Waals surface area contributed by atoms with Gasteiger partial charge in [-0.15, -0.1) is 11.3 Å². The molecule has 1 fully saturated rings. The Kier molecular flexibility index (Phi) is 4.54. The van der Waals surface area contributed by atoms with Crippen molar-refractivity contribution in [2.75, 3.05) is 13.1 Å². The fourth-order valence-electron chi connectivity index (χ4n) is 2.74. The molecule has 0 saturated carbocycles. The average Bonchev–Trinajstić information content (AvgIpc) is 3.23. The molecule has 0 amide bonds. The average molecular weight is 378 g/mol. The Labute approximate surface area is 153 Å². The van der Waals surface area contributed by atoms with Crippen LogP contribution in [0.3, 0.4) is 0 Å². The highest BCUT2D eigenvalue weighted by atomic mass is 35.5. The third-order valence-electron chi connectivity index (χ3n) is 4.22. The van der Waals surface area contributed by atoms with Crippen LogP contribution in [0, 0.1) is 0 Å². The van der Waals surface area contributed by atoms with Crippen LogP contribution in [0.2, 0.25) is 4.34 Å². The third-order valence-corrected chi connectivity index (χ3v) is 6.19. The Balaban J connectivity index is 1.60. The number of halogens is 1. The van der Waals surface area contributed by atoms with Crippen molar-refractivity contribution < 1.29 is 4.79 Å². The molecule has 1 N–H and O–H groups in total. The largest absolute Gasteiger partial charge is 0.315 e. The standard InChI is InChI=1S/C17H16ClN3OS2/c18-16-4-3-14(24-16)2-1-13-7-15(12-8-19-9-12)20-21(13)17(22)11-5-6-23-10-11/h3-7,10,12,19H,1-2,8-9H2. The number of thiophene rings is 2. The van der Waals surface area contributed by atoms with Gasteiger partial charge >= 0.3 is 0 Å². The van der Waals surface area contributed by atoms with Crippen LogP contribution in [0.25, 0.3) is 0 Å². The van der Waals surface area contributed by atoms with Crippen LogP contribution in [0.1, 0.15) is 32.5 Å². The lowest BCUT2D eigenvalue weighted by atomic mass is 9.99. The summed E-state index contributed by atoms with van der Waals surface area (Å²) in [7, 11) is 0. The van der Waals surface area contributed by atoms with Crippen molar-refractivity contribution in [2.45, 2.75) is 18.8 Å². The molecule has 3 aromatic heterocycles. The summed E-state index contributed by atoms with van der Waals surface area (Å²) in [6.07, 6.45) is 1.64. The second-order valence-electron chi connectivity index (χ2n) is 5.85. The normalized spacial score (nSPS) is 14.7. The first kappa shape index (κ1) is 16.0. The zero-order valence-corrected chi connectivity index (χ0v) is 15.3. The van der Waals surface area contributed by atoms with Crippen molar-refractivity contribution in [2.24, 2.45) is 0 Å². The summed E-state index contributed by atoms with van der Waals surface area (Å²) in [6, 6.07) is 7.90. The van der Waals surface area contributed by atoms with E-state index in [4.69, 9.17) is 11.6 Å². The SMILES string of the molecule is O=C(c1ccsc1)n1nc(C2CNC2)cc1CCc1ccc(Cl)s1. The zero-order chi connectivity index (χ0) is 16.5. The molecule has 1 saturated heterocycles. The molecule has 0 aromatic carbocycles. The molecule has 4 nitrogen and oxygen atoms in total. The van der Waals surface area contributed by atoms with Gasteiger partial charge in [-0.2, -0.15) is 16.4 Å². The first-order chi connectivity index (χ1) is 11.7. The van der Waals surface area contributed by atoms with Crippen LogP contribution in [0.15, 0.2) is 35.0 Å². The van der Waals surface area contributed by atoms with Crippen LogP contribution < -0.4 is 5.32 Å². The Bertz CT molecular complexity index is 849. The minimum Gasteiger partial charge on any atom is -0.315 e. The van der Waals surface area contributed by atoms with E-state index >= 15 is 0 Å². The number of rotatable bonds is 5. The number of aryl methyl sites for hydroxylation is 2. The maximum absolute atomic E-state index is 12.8. The molecule has 0 spiro atoms. The van der Waals surface area contributed by atoms with Crippen molar-refractivity contribution in [1.29, 1.82) is 0 Å². The molecule has 1 aliphatic heterocycles. The van der Waals surface area contributed by atoms with Gasteiger partial charge in [0.2, 0.25) is 0 Å². The van der Waals surface area contributed by atoms with Crippen LogP contribution in [-0.4, -0.2) is 28.8 Å². The van der Waals surface area contributed by atoms with E-state index in [0.717, 1.165) is 41.7 Å². The molecule has 7 heteroatoms. The summed E-state index contributed by atoms with van der Waals surface area (Å²) in [5, 5.41) is 11.7. The van der Waals surface area contributed by atoms with E-state index in [9.17, 15) is 4.79 Å². The fourth-order valence-corrected chi connectivity index (χ4v) is 4.45. The van der Waals surface area contributed by atoms with Gasteiger partial charge in [0.05, 0.1) is 15.6 Å². The lowest BCUT2D eigenvalue weighted by molar-refractivity contribution is 0.0941. The molecule has 1 aliphatic rings. The number of nitrogens with zero attached hydrogens (tertiary/aromatic N) is 2. The van der Waals surface area contributed by atoms with Gasteiger partial charge in [0.15, 0.2) is 0 Å². The number of carbonyl (C=O) groups excluding carboxylic acids is 1. The topological polar surface area (TPSA) is 46.9 Å². The summed E-state index contributed by atoms with van der Waals surface area (Å²) in [5.74, 6) is 0.366. The van der Waals surface area contributed by atoms with Crippen LogP contribution in [0.4, 0.5) is 0 Å². The van der Waals surface area contributed by atoms with E-state index in [1.807, 2.05) is 29.0 Å². The monoisotopic (exact) mass is 377 g/mol. The number of aromatic nitrogens is 2. The van der Waals surface area contributed by atoms with Gasteiger partial charge in [-0.3, -0.25) is 4.79 Å². The van der Waals surface area contributed by atoms with Gasteiger partial charge < -0.3 is 5.32 Å². The molecule has 0 unspecified atom stereocenters. The fraction of sp³-hybridized carbons (Fsp3) is 0.294. The maximum atomic E-state index is 12.8. The quantitative estimate of drug-likeness (QED) is 0.735. The molecule has 0 atom stereocenters. The third kappa shape index (κ3) is 3.19. The second kappa shape index (κ2) is 6.80. The summed E-state index contributed by atoms with van der Waals surface area (Å²) < 4.78 is 2.39. The minimum absolute atomic E-state index is 0.0472. The van der Waals surface area contributed by atoms with Crippen LogP contribution >= 0.6 is 34.3 Å². The van der Waals surface area contributed by atoms with E-state index in [-0.39, 0.29) is 5.91 Å². The highest BCUT2D eigenvalue weighted by molar-refractivity contribution is 7.16. The van der Waals surface area contributed by atoms with Gasteiger partial charge in [-0.25, -0.2) is 4.68 Å². The molecule has 0 radical (unpaired) electrons. The first-order valence-corrected chi connectivity index (χ1v) is 9.95. The molecular weight excluding hydrogens is 362 g/mol. The molecule has 4 heterocycles. The van der Waals surface area contributed by atoms with Crippen molar-refractivity contribution in [3.63, 3.8) is 0 Å². The van der Waals surface area contributed by atoms with Gasteiger partial charge in [0.1, 0.15) is 0 Å². The first-order valence-electron chi connectivity index (χ1n) is 7.81. The number of hydrogen-bond acceptors (Lipinski definition) is 5. The predicted molar refractivity (Wildman–Crippen MR) is 98.6 cm³/mol. The molecule has 0 aliphatic carbocycles. The Hall–Kier alpha value is -1.47. The van der Waals surface area contributed by atoms with E-state index in [2.05, 4.69) is 16.5 Å². The Morgan fingerprint density at radius 1 is 1.33 bits per heavy atom. The summed E-state index contributed by atoms with van der Waals surface area (Å²) in [6.45, 7) is 1.87. The van der Waals surface area contributed by atoms with Gasteiger partial charge in [-0.1, -0.05) is 11.6 Å². The molecule has 4 rings (SSSR count). The van der Waals surface area contributed by atoms with E-state index in [1.165, 1.54) is 16.2 Å². The lowest BCUT2D eigenvalue weighted by Gasteiger charge is -2.24. The van der Waals surface area contributed by atoms with E-state index < -0.39 is 0 Å². The molecule has 24 heavy (non-hydrogen) atoms. The summed E-state index contributed by atoms with van der Waals surface area (Å²) >= 11 is 9.12. The van der Waals surface area contributed by atoms with Gasteiger partial charge in [-0.05, 0) is 42.5 Å². The van der Waals surface area contributed by atoms with Crippen molar-refractivity contribution in [3.05, 3.63) is 61.2 Å². The second-order valence-corrected chi connectivity index (χ2v) is 8.43. The minimum atomic E-state index is -0.0472.